The number of pyridine rings is 1. The van der Waals surface area contributed by atoms with Crippen molar-refractivity contribution in [3.63, 3.8) is 0 Å². The first-order chi connectivity index (χ1) is 29.2. The summed E-state index contributed by atoms with van der Waals surface area (Å²) in [6, 6.07) is 22.5. The maximum atomic E-state index is 14.3. The molecule has 0 bridgehead atoms. The van der Waals surface area contributed by atoms with Gasteiger partial charge in [0.05, 0.1) is 16.1 Å². The molecular formula is C46H46ClF3N4O7. The van der Waals surface area contributed by atoms with Crippen LogP contribution in [0.5, 0.6) is 17.2 Å². The number of rotatable bonds is 22. The highest BCUT2D eigenvalue weighted by atomic mass is 35.5. The van der Waals surface area contributed by atoms with Crippen LogP contribution in [-0.2, 0) is 35.5 Å². The molecule has 320 valence electrons. The molecule has 1 aromatic heterocycles. The summed E-state index contributed by atoms with van der Waals surface area (Å²) < 4.78 is 61.0. The third kappa shape index (κ3) is 13.2. The van der Waals surface area contributed by atoms with E-state index in [0.29, 0.717) is 76.8 Å². The van der Waals surface area contributed by atoms with E-state index in [2.05, 4.69) is 21.7 Å². The van der Waals surface area contributed by atoms with Crippen molar-refractivity contribution < 1.29 is 47.2 Å². The number of halogens is 4. The number of carboxylic acids is 2. The molecule has 15 heteroatoms. The molecule has 0 aliphatic heterocycles. The SMILES string of the molecule is Cc1c(COc2cc(OCc3cncc(C#N)c3)c(CNCCCC(=O)O)cc2Cl)cccc1-c1cccc(-c2ccc(OCCNCCCC(=O)O)c(C(F)(F)F)c2)c1C. The average Bonchev–Trinajstić information content (AvgIpc) is 3.22. The van der Waals surface area contributed by atoms with Crippen LogP contribution in [0.2, 0.25) is 5.02 Å². The molecule has 0 unspecified atom stereocenters. The third-order valence-corrected chi connectivity index (χ3v) is 10.1. The van der Waals surface area contributed by atoms with Crippen LogP contribution in [0.4, 0.5) is 13.2 Å². The highest BCUT2D eigenvalue weighted by Gasteiger charge is 2.35. The molecule has 5 aromatic rings. The molecule has 0 atom stereocenters. The molecule has 11 nitrogen and oxygen atoms in total. The Bertz CT molecular complexity index is 2370. The molecule has 1 heterocycles. The molecule has 0 saturated heterocycles. The lowest BCUT2D eigenvalue weighted by Gasteiger charge is -2.19. The summed E-state index contributed by atoms with van der Waals surface area (Å²) in [6.45, 7) is 5.51. The van der Waals surface area contributed by atoms with Crippen molar-refractivity contribution >= 4 is 23.5 Å². The van der Waals surface area contributed by atoms with Crippen LogP contribution >= 0.6 is 11.6 Å². The first kappa shape index (κ1) is 45.9. The number of carbonyl (C=O) groups is 2. The van der Waals surface area contributed by atoms with Gasteiger partial charge in [-0.15, -0.1) is 0 Å². The van der Waals surface area contributed by atoms with E-state index in [9.17, 15) is 28.0 Å². The van der Waals surface area contributed by atoms with Gasteiger partial charge in [0, 0.05) is 55.5 Å². The van der Waals surface area contributed by atoms with Crippen LogP contribution < -0.4 is 24.8 Å². The molecule has 0 aliphatic carbocycles. The number of nitrogens with one attached hydrogen (secondary N) is 2. The minimum atomic E-state index is -4.67. The van der Waals surface area contributed by atoms with Crippen molar-refractivity contribution in [1.29, 1.82) is 5.26 Å². The predicted octanol–water partition coefficient (Wildman–Crippen LogP) is 9.52. The summed E-state index contributed by atoms with van der Waals surface area (Å²) >= 11 is 6.75. The number of nitrogens with zero attached hydrogens (tertiary/aromatic N) is 2. The number of alkyl halides is 3. The second kappa shape index (κ2) is 21.9. The van der Waals surface area contributed by atoms with Crippen molar-refractivity contribution in [3.05, 3.63) is 129 Å². The fourth-order valence-electron chi connectivity index (χ4n) is 6.63. The van der Waals surface area contributed by atoms with Crippen LogP contribution in [0, 0.1) is 25.2 Å². The van der Waals surface area contributed by atoms with Gasteiger partial charge >= 0.3 is 18.1 Å². The molecule has 0 fully saturated rings. The van der Waals surface area contributed by atoms with Crippen LogP contribution in [-0.4, -0.2) is 53.4 Å². The van der Waals surface area contributed by atoms with E-state index in [1.54, 1.807) is 36.5 Å². The Morgan fingerprint density at radius 3 is 2.13 bits per heavy atom. The van der Waals surface area contributed by atoms with Crippen LogP contribution in [0.15, 0.2) is 85.2 Å². The summed E-state index contributed by atoms with van der Waals surface area (Å²) in [5.41, 5.74) is 6.15. The number of ether oxygens (including phenoxy) is 3. The summed E-state index contributed by atoms with van der Waals surface area (Å²) in [5.74, 6) is -1.25. The zero-order chi connectivity index (χ0) is 43.9. The Kier molecular flexibility index (Phi) is 16.5. The Hall–Kier alpha value is -6.14. The highest BCUT2D eigenvalue weighted by Crippen LogP contribution is 2.41. The number of aromatic nitrogens is 1. The molecule has 4 N–H and O–H groups in total. The molecular weight excluding hydrogens is 813 g/mol. The van der Waals surface area contributed by atoms with Gasteiger partial charge in [0.25, 0.3) is 0 Å². The van der Waals surface area contributed by atoms with E-state index < -0.39 is 23.7 Å². The van der Waals surface area contributed by atoms with E-state index >= 15 is 0 Å². The van der Waals surface area contributed by atoms with Crippen molar-refractivity contribution in [2.45, 2.75) is 65.5 Å². The van der Waals surface area contributed by atoms with Gasteiger partial charge in [-0.05, 0) is 103 Å². The summed E-state index contributed by atoms with van der Waals surface area (Å²) in [7, 11) is 0. The van der Waals surface area contributed by atoms with Crippen LogP contribution in [0.25, 0.3) is 22.3 Å². The molecule has 4 aromatic carbocycles. The first-order valence-electron chi connectivity index (χ1n) is 19.5. The number of carboxylic acid groups (broad SMARTS) is 2. The van der Waals surface area contributed by atoms with Gasteiger partial charge in [-0.3, -0.25) is 14.6 Å². The molecule has 0 saturated carbocycles. The van der Waals surface area contributed by atoms with Gasteiger partial charge in [-0.25, -0.2) is 0 Å². The zero-order valence-electron chi connectivity index (χ0n) is 33.7. The largest absolute Gasteiger partial charge is 0.492 e. The number of nitriles is 1. The lowest BCUT2D eigenvalue weighted by Crippen LogP contribution is -2.23. The average molecular weight is 859 g/mol. The van der Waals surface area contributed by atoms with E-state index in [1.165, 1.54) is 12.3 Å². The minimum absolute atomic E-state index is 0.00171. The van der Waals surface area contributed by atoms with Crippen molar-refractivity contribution in [2.75, 3.05) is 26.2 Å². The smallest absolute Gasteiger partial charge is 0.419 e. The number of hydrogen-bond acceptors (Lipinski definition) is 9. The Morgan fingerprint density at radius 2 is 1.43 bits per heavy atom. The van der Waals surface area contributed by atoms with Gasteiger partial charge in [0.15, 0.2) is 0 Å². The number of aliphatic carboxylic acids is 2. The molecule has 0 amide bonds. The van der Waals surface area contributed by atoms with E-state index in [0.717, 1.165) is 33.9 Å². The fourth-order valence-corrected chi connectivity index (χ4v) is 6.87. The lowest BCUT2D eigenvalue weighted by atomic mass is 9.89. The van der Waals surface area contributed by atoms with Crippen LogP contribution in [0.3, 0.4) is 0 Å². The first-order valence-corrected chi connectivity index (χ1v) is 19.9. The Balaban J connectivity index is 1.34. The van der Waals surface area contributed by atoms with E-state index in [4.69, 9.17) is 36.0 Å². The second-order valence-corrected chi connectivity index (χ2v) is 14.6. The van der Waals surface area contributed by atoms with Crippen LogP contribution in [0.1, 0.15) is 64.6 Å². The fraction of sp³-hybridized carbons (Fsp3) is 0.304. The predicted molar refractivity (Wildman–Crippen MR) is 225 cm³/mol. The van der Waals surface area contributed by atoms with Gasteiger partial charge in [0.1, 0.15) is 43.1 Å². The van der Waals surface area contributed by atoms with Crippen molar-refractivity contribution in [2.24, 2.45) is 0 Å². The highest BCUT2D eigenvalue weighted by molar-refractivity contribution is 6.32. The summed E-state index contributed by atoms with van der Waals surface area (Å²) in [6.07, 6.45) is -0.737. The molecule has 0 radical (unpaired) electrons. The Morgan fingerprint density at radius 1 is 0.754 bits per heavy atom. The third-order valence-electron chi connectivity index (χ3n) is 9.82. The second-order valence-electron chi connectivity index (χ2n) is 14.2. The van der Waals surface area contributed by atoms with E-state index in [1.807, 2.05) is 44.2 Å². The minimum Gasteiger partial charge on any atom is -0.492 e. The lowest BCUT2D eigenvalue weighted by molar-refractivity contribution is -0.139. The zero-order valence-corrected chi connectivity index (χ0v) is 34.5. The number of hydrogen-bond donors (Lipinski definition) is 4. The van der Waals surface area contributed by atoms with Gasteiger partial charge in [-0.2, -0.15) is 18.4 Å². The quantitative estimate of drug-likeness (QED) is 0.0491. The van der Waals surface area contributed by atoms with E-state index in [-0.39, 0.29) is 45.0 Å². The topological polar surface area (TPSA) is 163 Å². The molecule has 0 aliphatic rings. The van der Waals surface area contributed by atoms with Gasteiger partial charge < -0.3 is 35.1 Å². The molecule has 61 heavy (non-hydrogen) atoms. The monoisotopic (exact) mass is 858 g/mol. The van der Waals surface area contributed by atoms with Crippen molar-refractivity contribution in [3.8, 4) is 45.6 Å². The van der Waals surface area contributed by atoms with Gasteiger partial charge in [0.2, 0.25) is 0 Å². The standard InChI is InChI=1S/C46H46ClF3N4O7/c1-29-34(28-61-43-22-42(60-27-32-19-31(23-51)24-54-25-32)35(21-40(43)47)26-53-16-6-12-45(57)58)7-3-9-37(29)38-10-4-8-36(30(38)2)33-13-14-41(39(20-33)46(48,49)50)59-18-17-52-15-5-11-44(55)56/h3-4,7-10,13-14,19-22,24-25,52-53H,5-6,11-12,15-18,26-28H2,1-2H3,(H,55,56)(H,57,58). The molecule has 5 rings (SSSR count). The maximum Gasteiger partial charge on any atom is 0.419 e. The normalized spacial score (nSPS) is 11.2. The van der Waals surface area contributed by atoms with Crippen molar-refractivity contribution in [1.82, 2.24) is 15.6 Å². The summed E-state index contributed by atoms with van der Waals surface area (Å²) in [5, 5.41) is 33.6. The summed E-state index contributed by atoms with van der Waals surface area (Å²) in [4.78, 5) is 25.7. The molecule has 0 spiro atoms. The number of benzene rings is 4. The maximum absolute atomic E-state index is 14.3. The van der Waals surface area contributed by atoms with Gasteiger partial charge in [-0.1, -0.05) is 54.1 Å². The Labute approximate surface area is 357 Å².